The van der Waals surface area contributed by atoms with E-state index < -0.39 is 5.82 Å². The molecule has 0 spiro atoms. The zero-order chi connectivity index (χ0) is 13.4. The highest BCUT2D eigenvalue weighted by molar-refractivity contribution is 6.04. The molecule has 0 bridgehead atoms. The first-order chi connectivity index (χ1) is 9.27. The normalized spacial score (nSPS) is 11.2. The molecule has 19 heavy (non-hydrogen) atoms. The highest BCUT2D eigenvalue weighted by Crippen LogP contribution is 2.46. The number of rotatable bonds is 0. The minimum Gasteiger partial charge on any atom is -0.206 e. The minimum absolute atomic E-state index is 0.0590. The lowest BCUT2D eigenvalue weighted by Gasteiger charge is -2.03. The number of benzene rings is 2. The molecule has 2 aromatic rings. The van der Waals surface area contributed by atoms with Gasteiger partial charge in [-0.25, -0.2) is 4.39 Å². The van der Waals surface area contributed by atoms with Crippen LogP contribution in [0.2, 0.25) is 0 Å². The zero-order valence-electron chi connectivity index (χ0n) is 9.81. The lowest BCUT2D eigenvalue weighted by atomic mass is 9.99. The largest absolute Gasteiger partial charge is 0.206 e. The fourth-order valence-corrected chi connectivity index (χ4v) is 2.47. The third-order valence-corrected chi connectivity index (χ3v) is 3.22. The number of fused-ring (bicyclic) bond motifs is 3. The summed E-state index contributed by atoms with van der Waals surface area (Å²) in [6, 6.07) is 15.8. The van der Waals surface area contributed by atoms with Gasteiger partial charge in [-0.05, 0) is 22.8 Å². The van der Waals surface area contributed by atoms with Crippen molar-refractivity contribution in [3.8, 4) is 23.3 Å². The summed E-state index contributed by atoms with van der Waals surface area (Å²) < 4.78 is 14.1. The second-order valence-electron chi connectivity index (χ2n) is 4.18. The summed E-state index contributed by atoms with van der Waals surface area (Å²) in [4.78, 5) is 0. The molecule has 0 aliphatic heterocycles. The van der Waals surface area contributed by atoms with Crippen LogP contribution in [0.4, 0.5) is 4.39 Å². The number of nitrogens with zero attached hydrogens (tertiary/aromatic N) is 2. The molecular formula is C16H7FN2. The van der Waals surface area contributed by atoms with Crippen molar-refractivity contribution in [3.05, 3.63) is 65.0 Å². The van der Waals surface area contributed by atoms with Crippen LogP contribution in [0, 0.1) is 28.5 Å². The predicted octanol–water partition coefficient (Wildman–Crippen LogP) is 3.66. The van der Waals surface area contributed by atoms with Gasteiger partial charge >= 0.3 is 0 Å². The van der Waals surface area contributed by atoms with E-state index in [0.717, 1.165) is 16.7 Å². The maximum absolute atomic E-state index is 14.1. The molecule has 0 N–H and O–H groups in total. The topological polar surface area (TPSA) is 47.6 Å². The highest BCUT2D eigenvalue weighted by atomic mass is 19.1. The van der Waals surface area contributed by atoms with Crippen LogP contribution in [0.3, 0.4) is 0 Å². The summed E-state index contributed by atoms with van der Waals surface area (Å²) in [5.74, 6) is -0.410. The Kier molecular flexibility index (Phi) is 2.41. The van der Waals surface area contributed by atoms with E-state index in [4.69, 9.17) is 10.5 Å². The lowest BCUT2D eigenvalue weighted by Crippen LogP contribution is -1.90. The summed E-state index contributed by atoms with van der Waals surface area (Å²) in [5.41, 5.74) is 3.01. The lowest BCUT2D eigenvalue weighted by molar-refractivity contribution is 0.625. The Morgan fingerprint density at radius 1 is 0.842 bits per heavy atom. The summed E-state index contributed by atoms with van der Waals surface area (Å²) >= 11 is 0. The van der Waals surface area contributed by atoms with E-state index in [2.05, 4.69) is 0 Å². The van der Waals surface area contributed by atoms with Crippen LogP contribution in [0.15, 0.2) is 48.0 Å². The molecule has 0 amide bonds. The molecule has 1 aliphatic carbocycles. The third-order valence-electron chi connectivity index (χ3n) is 3.22. The summed E-state index contributed by atoms with van der Waals surface area (Å²) in [7, 11) is 0. The molecule has 2 nitrogen and oxygen atoms in total. The van der Waals surface area contributed by atoms with Crippen LogP contribution >= 0.6 is 0 Å². The van der Waals surface area contributed by atoms with Gasteiger partial charge in [0.05, 0.1) is 0 Å². The minimum atomic E-state index is -0.410. The van der Waals surface area contributed by atoms with Crippen molar-refractivity contribution in [2.75, 3.05) is 0 Å². The van der Waals surface area contributed by atoms with Crippen molar-refractivity contribution in [1.29, 1.82) is 10.5 Å². The van der Waals surface area contributed by atoms with E-state index in [0.29, 0.717) is 11.1 Å². The number of allylic oxidation sites excluding steroid dienone is 1. The van der Waals surface area contributed by atoms with Gasteiger partial charge in [-0.3, -0.25) is 0 Å². The van der Waals surface area contributed by atoms with Crippen molar-refractivity contribution < 1.29 is 4.39 Å². The highest BCUT2D eigenvalue weighted by Gasteiger charge is 2.28. The second kappa shape index (κ2) is 4.08. The Hall–Kier alpha value is -2.91. The van der Waals surface area contributed by atoms with Crippen molar-refractivity contribution >= 4 is 5.57 Å². The molecule has 1 aliphatic rings. The average Bonchev–Trinajstić information content (AvgIpc) is 2.77. The molecule has 0 atom stereocenters. The van der Waals surface area contributed by atoms with Gasteiger partial charge in [0.2, 0.25) is 0 Å². The van der Waals surface area contributed by atoms with Crippen LogP contribution in [-0.4, -0.2) is 0 Å². The van der Waals surface area contributed by atoms with Crippen LogP contribution in [-0.2, 0) is 0 Å². The molecule has 88 valence electrons. The number of nitriles is 2. The summed E-state index contributed by atoms with van der Waals surface area (Å²) in [5, 5.41) is 18.2. The van der Waals surface area contributed by atoms with E-state index in [9.17, 15) is 4.39 Å². The fourth-order valence-electron chi connectivity index (χ4n) is 2.47. The molecule has 0 radical (unpaired) electrons. The number of halogens is 1. The van der Waals surface area contributed by atoms with E-state index in [1.165, 1.54) is 6.07 Å². The van der Waals surface area contributed by atoms with Crippen LogP contribution in [0.25, 0.3) is 16.7 Å². The molecule has 3 heteroatoms. The number of hydrogen-bond acceptors (Lipinski definition) is 2. The Morgan fingerprint density at radius 2 is 1.47 bits per heavy atom. The second-order valence-corrected chi connectivity index (χ2v) is 4.18. The molecule has 2 aromatic carbocycles. The van der Waals surface area contributed by atoms with E-state index in [1.54, 1.807) is 18.2 Å². The van der Waals surface area contributed by atoms with E-state index in [-0.39, 0.29) is 5.57 Å². The Morgan fingerprint density at radius 3 is 2.16 bits per heavy atom. The maximum atomic E-state index is 14.1. The van der Waals surface area contributed by atoms with Crippen molar-refractivity contribution in [1.82, 2.24) is 0 Å². The fraction of sp³-hybridized carbons (Fsp3) is 0. The Bertz CT molecular complexity index is 788. The molecule has 0 saturated heterocycles. The quantitative estimate of drug-likeness (QED) is 0.568. The van der Waals surface area contributed by atoms with Crippen molar-refractivity contribution in [3.63, 3.8) is 0 Å². The first-order valence-corrected chi connectivity index (χ1v) is 5.71. The standard InChI is InChI=1S/C16H7FN2/c17-14-7-3-6-13-11-4-1-2-5-12(11)15(16(13)14)10(8-18)9-19/h1-7H. The number of hydrogen-bond donors (Lipinski definition) is 0. The van der Waals surface area contributed by atoms with Crippen LogP contribution in [0.5, 0.6) is 0 Å². The zero-order valence-corrected chi connectivity index (χ0v) is 9.81. The van der Waals surface area contributed by atoms with Gasteiger partial charge in [-0.1, -0.05) is 36.4 Å². The first kappa shape index (κ1) is 11.2. The van der Waals surface area contributed by atoms with Gasteiger partial charge in [-0.2, -0.15) is 10.5 Å². The van der Waals surface area contributed by atoms with E-state index in [1.807, 2.05) is 30.3 Å². The molecular weight excluding hydrogens is 239 g/mol. The predicted molar refractivity (Wildman–Crippen MR) is 69.1 cm³/mol. The summed E-state index contributed by atoms with van der Waals surface area (Å²) in [6.07, 6.45) is 0. The molecule has 0 heterocycles. The third kappa shape index (κ3) is 1.46. The van der Waals surface area contributed by atoms with Gasteiger partial charge in [0.1, 0.15) is 23.5 Å². The average molecular weight is 246 g/mol. The molecule has 0 fully saturated rings. The van der Waals surface area contributed by atoms with Gasteiger partial charge in [-0.15, -0.1) is 0 Å². The first-order valence-electron chi connectivity index (χ1n) is 5.71. The maximum Gasteiger partial charge on any atom is 0.138 e. The molecule has 3 rings (SSSR count). The van der Waals surface area contributed by atoms with Crippen LogP contribution < -0.4 is 0 Å². The smallest absolute Gasteiger partial charge is 0.138 e. The van der Waals surface area contributed by atoms with Gasteiger partial charge in [0.25, 0.3) is 0 Å². The Labute approximate surface area is 109 Å². The van der Waals surface area contributed by atoms with Gasteiger partial charge in [0.15, 0.2) is 0 Å². The van der Waals surface area contributed by atoms with Crippen molar-refractivity contribution in [2.45, 2.75) is 0 Å². The van der Waals surface area contributed by atoms with Gasteiger partial charge in [0, 0.05) is 11.1 Å². The summed E-state index contributed by atoms with van der Waals surface area (Å²) in [6.45, 7) is 0. The Balaban J connectivity index is 2.51. The van der Waals surface area contributed by atoms with E-state index >= 15 is 0 Å². The monoisotopic (exact) mass is 246 g/mol. The molecule has 0 unspecified atom stereocenters. The SMILES string of the molecule is N#CC(C#N)=C1c2ccccc2-c2cccc(F)c21. The molecule has 0 saturated carbocycles. The van der Waals surface area contributed by atoms with Gasteiger partial charge < -0.3 is 0 Å². The molecule has 0 aromatic heterocycles. The van der Waals surface area contributed by atoms with Crippen LogP contribution in [0.1, 0.15) is 11.1 Å². The van der Waals surface area contributed by atoms with Crippen molar-refractivity contribution in [2.24, 2.45) is 0 Å².